The van der Waals surface area contributed by atoms with E-state index in [1.54, 1.807) is 0 Å². The van der Waals surface area contributed by atoms with Crippen LogP contribution in [0.5, 0.6) is 0 Å². The van der Waals surface area contributed by atoms with Crippen LogP contribution in [0.15, 0.2) is 0 Å². The van der Waals surface area contributed by atoms with Crippen molar-refractivity contribution in [1.29, 1.82) is 5.26 Å². The molecule has 0 aromatic heterocycles. The molecule has 0 heterocycles. The summed E-state index contributed by atoms with van der Waals surface area (Å²) in [6.45, 7) is 6.38. The van der Waals surface area contributed by atoms with Gasteiger partial charge in [-0.3, -0.25) is 4.79 Å². The molecule has 1 aliphatic carbocycles. The predicted molar refractivity (Wildman–Crippen MR) is 63.5 cm³/mol. The van der Waals surface area contributed by atoms with Crippen molar-refractivity contribution in [2.45, 2.75) is 46.5 Å². The average Bonchev–Trinajstić information content (AvgIpc) is 2.27. The first-order valence-corrected chi connectivity index (χ1v) is 6.13. The Balaban J connectivity index is 2.34. The van der Waals surface area contributed by atoms with Gasteiger partial charge < -0.3 is 5.32 Å². The van der Waals surface area contributed by atoms with Crippen LogP contribution in [-0.4, -0.2) is 12.5 Å². The Labute approximate surface area is 98.2 Å². The van der Waals surface area contributed by atoms with Crippen molar-refractivity contribution in [1.82, 2.24) is 5.32 Å². The molecule has 1 rings (SSSR count). The van der Waals surface area contributed by atoms with Gasteiger partial charge in [-0.15, -0.1) is 0 Å². The lowest BCUT2D eigenvalue weighted by molar-refractivity contribution is -0.126. The zero-order valence-corrected chi connectivity index (χ0v) is 10.5. The van der Waals surface area contributed by atoms with Crippen LogP contribution in [0, 0.1) is 28.6 Å². The largest absolute Gasteiger partial charge is 0.354 e. The van der Waals surface area contributed by atoms with Crippen molar-refractivity contribution in [3.8, 4) is 6.07 Å². The van der Waals surface area contributed by atoms with Crippen molar-refractivity contribution in [3.63, 3.8) is 0 Å². The molecular weight excluding hydrogens is 200 g/mol. The molecule has 0 aliphatic heterocycles. The van der Waals surface area contributed by atoms with Crippen molar-refractivity contribution < 1.29 is 4.79 Å². The topological polar surface area (TPSA) is 52.9 Å². The normalized spacial score (nSPS) is 25.9. The zero-order chi connectivity index (χ0) is 12.2. The molecule has 16 heavy (non-hydrogen) atoms. The van der Waals surface area contributed by atoms with Gasteiger partial charge in [0.2, 0.25) is 5.91 Å². The van der Waals surface area contributed by atoms with E-state index < -0.39 is 5.41 Å². The van der Waals surface area contributed by atoms with Gasteiger partial charge in [0.1, 0.15) is 0 Å². The maximum Gasteiger partial charge on any atom is 0.223 e. The van der Waals surface area contributed by atoms with Gasteiger partial charge in [-0.05, 0) is 45.4 Å². The number of carbonyl (C=O) groups excluding carboxylic acids is 1. The molecule has 0 unspecified atom stereocenters. The summed E-state index contributed by atoms with van der Waals surface area (Å²) in [5.41, 5.74) is -0.461. The molecule has 3 nitrogen and oxygen atoms in total. The summed E-state index contributed by atoms with van der Waals surface area (Å²) in [6.07, 6.45) is 4.30. The quantitative estimate of drug-likeness (QED) is 0.797. The first kappa shape index (κ1) is 13.0. The zero-order valence-electron chi connectivity index (χ0n) is 10.5. The molecule has 0 radical (unpaired) electrons. The summed E-state index contributed by atoms with van der Waals surface area (Å²) in [4.78, 5) is 11.8. The number of nitrogens with zero attached hydrogens (tertiary/aromatic N) is 1. The maximum atomic E-state index is 11.8. The number of nitriles is 1. The molecule has 3 heteroatoms. The highest BCUT2D eigenvalue weighted by atomic mass is 16.1. The van der Waals surface area contributed by atoms with Crippen LogP contribution >= 0.6 is 0 Å². The molecule has 1 amide bonds. The van der Waals surface area contributed by atoms with Crippen molar-refractivity contribution in [2.75, 3.05) is 6.54 Å². The summed E-state index contributed by atoms with van der Waals surface area (Å²) in [5, 5.41) is 11.7. The molecule has 0 aromatic rings. The lowest BCUT2D eigenvalue weighted by Crippen LogP contribution is -2.38. The Hall–Kier alpha value is -1.04. The van der Waals surface area contributed by atoms with E-state index in [2.05, 4.69) is 18.3 Å². The fourth-order valence-corrected chi connectivity index (χ4v) is 2.01. The summed E-state index contributed by atoms with van der Waals surface area (Å²) < 4.78 is 0. The number of carbonyl (C=O) groups is 1. The highest BCUT2D eigenvalue weighted by Gasteiger charge is 2.25. The Morgan fingerprint density at radius 2 is 1.94 bits per heavy atom. The second-order valence-corrected chi connectivity index (χ2v) is 5.67. The van der Waals surface area contributed by atoms with E-state index in [4.69, 9.17) is 5.26 Å². The summed E-state index contributed by atoms with van der Waals surface area (Å²) in [7, 11) is 0. The van der Waals surface area contributed by atoms with Gasteiger partial charge in [-0.2, -0.15) is 5.26 Å². The van der Waals surface area contributed by atoms with Crippen LogP contribution in [0.4, 0.5) is 0 Å². The molecule has 90 valence electrons. The fraction of sp³-hybridized carbons (Fsp3) is 0.846. The first-order valence-electron chi connectivity index (χ1n) is 6.13. The molecular formula is C13H22N2O. The van der Waals surface area contributed by atoms with Gasteiger partial charge in [0.25, 0.3) is 0 Å². The summed E-state index contributed by atoms with van der Waals surface area (Å²) in [6, 6.07) is 2.19. The monoisotopic (exact) mass is 222 g/mol. The minimum Gasteiger partial charge on any atom is -0.354 e. The lowest BCUT2D eigenvalue weighted by Gasteiger charge is -2.26. The SMILES string of the molecule is CC1CCC(C(=O)NCC(C)(C)C#N)CC1. The molecule has 0 saturated heterocycles. The number of hydrogen-bond acceptors (Lipinski definition) is 2. The van der Waals surface area contributed by atoms with E-state index in [0.29, 0.717) is 6.54 Å². The number of rotatable bonds is 3. The van der Waals surface area contributed by atoms with E-state index in [-0.39, 0.29) is 11.8 Å². The third kappa shape index (κ3) is 3.84. The maximum absolute atomic E-state index is 11.8. The first-order chi connectivity index (χ1) is 7.44. The van der Waals surface area contributed by atoms with E-state index >= 15 is 0 Å². The van der Waals surface area contributed by atoms with Crippen LogP contribution in [0.1, 0.15) is 46.5 Å². The smallest absolute Gasteiger partial charge is 0.223 e. The number of nitrogens with one attached hydrogen (secondary N) is 1. The lowest BCUT2D eigenvalue weighted by atomic mass is 9.82. The van der Waals surface area contributed by atoms with Crippen molar-refractivity contribution in [3.05, 3.63) is 0 Å². The van der Waals surface area contributed by atoms with Gasteiger partial charge in [0.05, 0.1) is 11.5 Å². The van der Waals surface area contributed by atoms with Crippen LogP contribution in [0.25, 0.3) is 0 Å². The molecule has 0 spiro atoms. The molecule has 1 N–H and O–H groups in total. The molecule has 0 atom stereocenters. The summed E-state index contributed by atoms with van der Waals surface area (Å²) in [5.74, 6) is 1.07. The van der Waals surface area contributed by atoms with Crippen LogP contribution in [0.3, 0.4) is 0 Å². The van der Waals surface area contributed by atoms with E-state index in [0.717, 1.165) is 31.6 Å². The third-order valence-corrected chi connectivity index (χ3v) is 3.39. The Morgan fingerprint density at radius 1 is 1.38 bits per heavy atom. The second-order valence-electron chi connectivity index (χ2n) is 5.67. The van der Waals surface area contributed by atoms with Gasteiger partial charge >= 0.3 is 0 Å². The van der Waals surface area contributed by atoms with Crippen LogP contribution in [0.2, 0.25) is 0 Å². The van der Waals surface area contributed by atoms with Gasteiger partial charge in [-0.1, -0.05) is 6.92 Å². The minimum atomic E-state index is -0.461. The number of hydrogen-bond donors (Lipinski definition) is 1. The van der Waals surface area contributed by atoms with Gasteiger partial charge in [0.15, 0.2) is 0 Å². The van der Waals surface area contributed by atoms with Gasteiger partial charge in [0, 0.05) is 12.5 Å². The van der Waals surface area contributed by atoms with Crippen molar-refractivity contribution >= 4 is 5.91 Å². The predicted octanol–water partition coefficient (Wildman–Crippen LogP) is 2.48. The van der Waals surface area contributed by atoms with Crippen molar-refractivity contribution in [2.24, 2.45) is 17.3 Å². The Kier molecular flexibility index (Phi) is 4.35. The van der Waals surface area contributed by atoms with E-state index in [9.17, 15) is 4.79 Å². The average molecular weight is 222 g/mol. The highest BCUT2D eigenvalue weighted by Crippen LogP contribution is 2.28. The van der Waals surface area contributed by atoms with E-state index in [1.165, 1.54) is 0 Å². The molecule has 0 aromatic carbocycles. The third-order valence-electron chi connectivity index (χ3n) is 3.39. The van der Waals surface area contributed by atoms with Crippen LogP contribution < -0.4 is 5.32 Å². The molecule has 0 bridgehead atoms. The minimum absolute atomic E-state index is 0.134. The van der Waals surface area contributed by atoms with Crippen LogP contribution in [-0.2, 0) is 4.79 Å². The molecule has 1 saturated carbocycles. The number of amides is 1. The van der Waals surface area contributed by atoms with E-state index in [1.807, 2.05) is 13.8 Å². The Bertz CT molecular complexity index is 283. The second kappa shape index (κ2) is 5.34. The standard InChI is InChI=1S/C13H22N2O/c1-10-4-6-11(7-5-10)12(16)15-9-13(2,3)8-14/h10-11H,4-7,9H2,1-3H3,(H,15,16). The highest BCUT2D eigenvalue weighted by molar-refractivity contribution is 5.78. The van der Waals surface area contributed by atoms with Gasteiger partial charge in [-0.25, -0.2) is 0 Å². The summed E-state index contributed by atoms with van der Waals surface area (Å²) >= 11 is 0. The molecule has 1 aliphatic rings. The molecule has 1 fully saturated rings. The Morgan fingerprint density at radius 3 is 2.44 bits per heavy atom. The fourth-order valence-electron chi connectivity index (χ4n) is 2.01.